The van der Waals surface area contributed by atoms with Gasteiger partial charge in [-0.05, 0) is 0 Å². The summed E-state index contributed by atoms with van der Waals surface area (Å²) in [5, 5.41) is 0. The van der Waals surface area contributed by atoms with E-state index in [9.17, 15) is 4.79 Å². The Morgan fingerprint density at radius 3 is 3.00 bits per heavy atom. The molecular weight excluding hydrogens is 405 g/mol. The van der Waals surface area contributed by atoms with Crippen LogP contribution in [0.5, 0.6) is 5.75 Å². The van der Waals surface area contributed by atoms with E-state index < -0.39 is 25.0 Å². The van der Waals surface area contributed by atoms with E-state index in [1.807, 2.05) is 6.07 Å². The second-order valence-corrected chi connectivity index (χ2v) is 9.57. The van der Waals surface area contributed by atoms with E-state index in [-0.39, 0.29) is 12.1 Å². The number of carbonyl (C=O) groups is 1. The number of aryl methyl sites for hydroxylation is 1. The SMILES string of the molecule is CC(=O)[O][Hg][CH2][C@@H]1Oc2ccc(C)cc2[C@H]1C. The number of ether oxygens (including phenoxy) is 1. The minimum absolute atomic E-state index is 0.134. The van der Waals surface area contributed by atoms with Gasteiger partial charge in [-0.25, -0.2) is 0 Å². The van der Waals surface area contributed by atoms with Crippen molar-refractivity contribution < 1.29 is 37.2 Å². The Bertz CT molecular complexity index is 431. The Kier molecular flexibility index (Phi) is 4.07. The summed E-state index contributed by atoms with van der Waals surface area (Å²) in [4.78, 5) is 10.8. The van der Waals surface area contributed by atoms with E-state index in [1.54, 1.807) is 0 Å². The second-order valence-electron chi connectivity index (χ2n) is 4.61. The minimum atomic E-state index is -1.53. The molecule has 88 valence electrons. The predicted molar refractivity (Wildman–Crippen MR) is 60.6 cm³/mol. The van der Waals surface area contributed by atoms with Crippen LogP contribution in [0, 0.1) is 6.92 Å². The van der Waals surface area contributed by atoms with E-state index >= 15 is 0 Å². The summed E-state index contributed by atoms with van der Waals surface area (Å²) in [6, 6.07) is 6.32. The topological polar surface area (TPSA) is 35.5 Å². The van der Waals surface area contributed by atoms with Crippen molar-refractivity contribution in [2.75, 3.05) is 0 Å². The third-order valence-corrected chi connectivity index (χ3v) is 8.70. The summed E-state index contributed by atoms with van der Waals surface area (Å²) >= 11 is -1.53. The normalized spacial score (nSPS) is 21.4. The third-order valence-electron chi connectivity index (χ3n) is 3.20. The molecule has 1 heterocycles. The molecular formula is C13H16HgO3. The van der Waals surface area contributed by atoms with E-state index in [2.05, 4.69) is 26.0 Å². The molecule has 3 nitrogen and oxygen atoms in total. The van der Waals surface area contributed by atoms with Crippen molar-refractivity contribution in [3.63, 3.8) is 0 Å². The van der Waals surface area contributed by atoms with Gasteiger partial charge in [0, 0.05) is 0 Å². The number of hydrogen-bond acceptors (Lipinski definition) is 3. The molecule has 1 aromatic rings. The molecule has 0 amide bonds. The molecule has 0 spiro atoms. The Balaban J connectivity index is 1.99. The zero-order valence-electron chi connectivity index (χ0n) is 10.5. The zero-order valence-corrected chi connectivity index (χ0v) is 16.0. The van der Waals surface area contributed by atoms with Gasteiger partial charge in [0.1, 0.15) is 0 Å². The maximum absolute atomic E-state index is 10.8. The van der Waals surface area contributed by atoms with Gasteiger partial charge in [-0.15, -0.1) is 0 Å². The molecule has 2 rings (SSSR count). The van der Waals surface area contributed by atoms with Crippen molar-refractivity contribution >= 4 is 5.97 Å². The molecule has 1 aliphatic rings. The summed E-state index contributed by atoms with van der Waals surface area (Å²) in [5.74, 6) is 1.29. The van der Waals surface area contributed by atoms with Crippen LogP contribution < -0.4 is 4.74 Å². The van der Waals surface area contributed by atoms with Gasteiger partial charge in [-0.2, -0.15) is 0 Å². The van der Waals surface area contributed by atoms with Crippen LogP contribution in [0.1, 0.15) is 30.9 Å². The van der Waals surface area contributed by atoms with Gasteiger partial charge in [0.05, 0.1) is 0 Å². The first-order valence-corrected chi connectivity index (χ1v) is 12.1. The van der Waals surface area contributed by atoms with Crippen LogP contribution >= 0.6 is 0 Å². The summed E-state index contributed by atoms with van der Waals surface area (Å²) in [7, 11) is 0. The van der Waals surface area contributed by atoms with Crippen molar-refractivity contribution in [1.82, 2.24) is 0 Å². The first-order chi connectivity index (χ1) is 8.08. The molecule has 0 aliphatic carbocycles. The van der Waals surface area contributed by atoms with Crippen molar-refractivity contribution in [2.24, 2.45) is 0 Å². The molecule has 1 aliphatic heterocycles. The predicted octanol–water partition coefficient (Wildman–Crippen LogP) is 2.84. The number of benzene rings is 1. The molecule has 4 heteroatoms. The van der Waals surface area contributed by atoms with Gasteiger partial charge in [-0.1, -0.05) is 0 Å². The molecule has 2 atom stereocenters. The molecule has 0 bridgehead atoms. The van der Waals surface area contributed by atoms with Crippen LogP contribution in [0.25, 0.3) is 0 Å². The molecule has 0 saturated carbocycles. The van der Waals surface area contributed by atoms with E-state index in [1.165, 1.54) is 18.1 Å². The second kappa shape index (κ2) is 5.38. The Hall–Kier alpha value is -0.575. The summed E-state index contributed by atoms with van der Waals surface area (Å²) < 4.78 is 12.1. The quantitative estimate of drug-likeness (QED) is 0.705. The average molecular weight is 421 g/mol. The van der Waals surface area contributed by atoms with Crippen LogP contribution in [0.15, 0.2) is 18.2 Å². The fourth-order valence-electron chi connectivity index (χ4n) is 2.22. The Morgan fingerprint density at radius 2 is 2.29 bits per heavy atom. The van der Waals surface area contributed by atoms with Gasteiger partial charge in [0.15, 0.2) is 0 Å². The van der Waals surface area contributed by atoms with Gasteiger partial charge < -0.3 is 0 Å². The van der Waals surface area contributed by atoms with Crippen molar-refractivity contribution in [1.29, 1.82) is 0 Å². The Morgan fingerprint density at radius 1 is 1.53 bits per heavy atom. The van der Waals surface area contributed by atoms with Gasteiger partial charge in [-0.3, -0.25) is 0 Å². The number of carbonyl (C=O) groups excluding carboxylic acids is 1. The molecule has 0 unspecified atom stereocenters. The van der Waals surface area contributed by atoms with Crippen LogP contribution in [0.4, 0.5) is 0 Å². The number of hydrogen-bond donors (Lipinski definition) is 0. The van der Waals surface area contributed by atoms with Gasteiger partial charge in [0.2, 0.25) is 0 Å². The van der Waals surface area contributed by atoms with Crippen molar-refractivity contribution in [3.05, 3.63) is 29.3 Å². The molecule has 0 fully saturated rings. The standard InChI is InChI=1S/C11H13O.C2H4O2.Hg/c1-7-4-5-11-10(6-7)8(2)9(3)12-11;1-2(3)4;/h4-6,8-9H,3H2,1-2H3;1H3,(H,3,4);/q;;+1/p-1/t8-,9-;;/m0../s1. The van der Waals surface area contributed by atoms with Gasteiger partial charge in [0.25, 0.3) is 0 Å². The Labute approximate surface area is 115 Å². The van der Waals surface area contributed by atoms with Crippen LogP contribution in [0.2, 0.25) is 3.93 Å². The van der Waals surface area contributed by atoms with Gasteiger partial charge >= 0.3 is 115 Å². The molecule has 0 N–H and O–H groups in total. The van der Waals surface area contributed by atoms with Crippen LogP contribution in [-0.2, 0) is 32.5 Å². The zero-order chi connectivity index (χ0) is 12.4. The third kappa shape index (κ3) is 3.00. The molecule has 1 aromatic carbocycles. The molecule has 0 aromatic heterocycles. The molecule has 0 radical (unpaired) electrons. The monoisotopic (exact) mass is 422 g/mol. The van der Waals surface area contributed by atoms with E-state index in [0.29, 0.717) is 5.92 Å². The first kappa shape index (κ1) is 12.9. The summed E-state index contributed by atoms with van der Waals surface area (Å²) in [6.45, 7) is 5.77. The van der Waals surface area contributed by atoms with E-state index in [4.69, 9.17) is 7.38 Å². The fraction of sp³-hybridized carbons (Fsp3) is 0.462. The summed E-state index contributed by atoms with van der Waals surface area (Å²) in [5.41, 5.74) is 2.57. The number of fused-ring (bicyclic) bond motifs is 1. The molecule has 0 saturated heterocycles. The van der Waals surface area contributed by atoms with Crippen molar-refractivity contribution in [3.8, 4) is 5.75 Å². The van der Waals surface area contributed by atoms with Crippen LogP contribution in [0.3, 0.4) is 0 Å². The van der Waals surface area contributed by atoms with Crippen LogP contribution in [-0.4, -0.2) is 12.1 Å². The van der Waals surface area contributed by atoms with E-state index in [0.717, 1.165) is 9.68 Å². The maximum atomic E-state index is 10.8. The summed E-state index contributed by atoms with van der Waals surface area (Å²) in [6.07, 6.45) is 0.216. The molecule has 17 heavy (non-hydrogen) atoms. The first-order valence-electron chi connectivity index (χ1n) is 5.98. The van der Waals surface area contributed by atoms with Crippen molar-refractivity contribution in [2.45, 2.75) is 36.7 Å². The number of rotatable bonds is 3. The average Bonchev–Trinajstić information content (AvgIpc) is 2.56. The fourth-order valence-corrected chi connectivity index (χ4v) is 7.10.